The molecule has 5 nitrogen and oxygen atoms in total. The quantitative estimate of drug-likeness (QED) is 0.391. The first-order valence-electron chi connectivity index (χ1n) is 10.6. The highest BCUT2D eigenvalue weighted by Gasteiger charge is 2.29. The fourth-order valence-corrected chi connectivity index (χ4v) is 4.38. The van der Waals surface area contributed by atoms with Gasteiger partial charge in [0.2, 0.25) is 6.29 Å². The number of aliphatic imine (C=N–C) groups is 2. The molecular weight excluding hydrogens is 394 g/mol. The smallest absolute Gasteiger partial charge is 0.207 e. The molecule has 1 atom stereocenters. The lowest BCUT2D eigenvalue weighted by atomic mass is 10.1. The molecule has 0 saturated heterocycles. The molecule has 6 rings (SSSR count). The van der Waals surface area contributed by atoms with E-state index in [9.17, 15) is 0 Å². The zero-order chi connectivity index (χ0) is 21.5. The fourth-order valence-electron chi connectivity index (χ4n) is 4.38. The Bertz CT molecular complexity index is 1430. The van der Waals surface area contributed by atoms with Crippen LogP contribution in [-0.4, -0.2) is 33.2 Å². The molecule has 5 heteroatoms. The summed E-state index contributed by atoms with van der Waals surface area (Å²) in [6, 6.07) is 32.9. The third kappa shape index (κ3) is 2.90. The predicted octanol–water partition coefficient (Wildman–Crippen LogP) is 5.48. The number of rotatable bonds is 3. The Morgan fingerprint density at radius 2 is 1.34 bits per heavy atom. The first-order chi connectivity index (χ1) is 15.8. The number of hydrogen-bond acceptors (Lipinski definition) is 4. The monoisotopic (exact) mass is 415 g/mol. The second kappa shape index (κ2) is 7.46. The summed E-state index contributed by atoms with van der Waals surface area (Å²) in [6.45, 7) is 0. The van der Waals surface area contributed by atoms with E-state index in [1.807, 2.05) is 55.7 Å². The van der Waals surface area contributed by atoms with Gasteiger partial charge < -0.3 is 4.90 Å². The van der Waals surface area contributed by atoms with Gasteiger partial charge in [-0.05, 0) is 18.2 Å². The Hall–Kier alpha value is -4.25. The molecule has 0 saturated carbocycles. The number of benzene rings is 3. The van der Waals surface area contributed by atoms with Gasteiger partial charge in [0.05, 0.1) is 5.52 Å². The van der Waals surface area contributed by atoms with Crippen molar-refractivity contribution in [3.8, 4) is 0 Å². The lowest BCUT2D eigenvalue weighted by Gasteiger charge is -2.33. The maximum absolute atomic E-state index is 5.13. The third-order valence-electron chi connectivity index (χ3n) is 5.89. The number of nitrogens with zero attached hydrogens (tertiary/aromatic N) is 5. The summed E-state index contributed by atoms with van der Waals surface area (Å²) in [6.07, 6.45) is 1.52. The third-order valence-corrected chi connectivity index (χ3v) is 5.89. The molecule has 3 aromatic carbocycles. The summed E-state index contributed by atoms with van der Waals surface area (Å²) in [5, 5.41) is 2.29. The summed E-state index contributed by atoms with van der Waals surface area (Å²) < 4.78 is 2.21. The van der Waals surface area contributed by atoms with Crippen molar-refractivity contribution >= 4 is 33.6 Å². The van der Waals surface area contributed by atoms with Crippen molar-refractivity contribution in [2.75, 3.05) is 7.05 Å². The van der Waals surface area contributed by atoms with Gasteiger partial charge in [-0.25, -0.2) is 15.0 Å². The number of para-hydroxylation sites is 1. The van der Waals surface area contributed by atoms with Gasteiger partial charge in [0.25, 0.3) is 0 Å². The van der Waals surface area contributed by atoms with Gasteiger partial charge in [0.1, 0.15) is 11.5 Å². The molecule has 0 aliphatic carbocycles. The molecule has 0 bridgehead atoms. The van der Waals surface area contributed by atoms with Crippen molar-refractivity contribution in [2.24, 2.45) is 9.98 Å². The number of aromatic nitrogens is 2. The molecule has 1 unspecified atom stereocenters. The molecule has 2 aromatic heterocycles. The lowest BCUT2D eigenvalue weighted by Crippen LogP contribution is -2.38. The van der Waals surface area contributed by atoms with Crippen LogP contribution in [0.5, 0.6) is 0 Å². The Balaban J connectivity index is 1.62. The second-order valence-electron chi connectivity index (χ2n) is 7.84. The Kier molecular flexibility index (Phi) is 4.32. The number of fused-ring (bicyclic) bond motifs is 3. The van der Waals surface area contributed by atoms with Crippen LogP contribution in [0.4, 0.5) is 0 Å². The van der Waals surface area contributed by atoms with Gasteiger partial charge in [-0.3, -0.25) is 4.57 Å². The average Bonchev–Trinajstić information content (AvgIpc) is 3.20. The Labute approximate surface area is 186 Å². The van der Waals surface area contributed by atoms with E-state index in [1.165, 1.54) is 5.39 Å². The van der Waals surface area contributed by atoms with Gasteiger partial charge >= 0.3 is 0 Å². The highest BCUT2D eigenvalue weighted by molar-refractivity contribution is 6.13. The largest absolute Gasteiger partial charge is 0.320 e. The molecule has 32 heavy (non-hydrogen) atoms. The van der Waals surface area contributed by atoms with Crippen molar-refractivity contribution in [3.05, 3.63) is 114 Å². The van der Waals surface area contributed by atoms with E-state index in [2.05, 4.69) is 64.1 Å². The van der Waals surface area contributed by atoms with Crippen molar-refractivity contribution in [2.45, 2.75) is 6.29 Å². The minimum Gasteiger partial charge on any atom is -0.320 e. The van der Waals surface area contributed by atoms with Crippen LogP contribution in [0.3, 0.4) is 0 Å². The summed E-state index contributed by atoms with van der Waals surface area (Å²) in [7, 11) is 2.05. The molecule has 0 fully saturated rings. The van der Waals surface area contributed by atoms with Gasteiger partial charge in [-0.15, -0.1) is 0 Å². The summed E-state index contributed by atoms with van der Waals surface area (Å²) in [4.78, 5) is 17.0. The molecule has 1 aliphatic heterocycles. The van der Waals surface area contributed by atoms with Crippen LogP contribution in [0.1, 0.15) is 17.4 Å². The first-order valence-corrected chi connectivity index (χ1v) is 10.6. The number of pyridine rings is 1. The van der Waals surface area contributed by atoms with Crippen molar-refractivity contribution in [1.82, 2.24) is 14.5 Å². The highest BCUT2D eigenvalue weighted by Crippen LogP contribution is 2.34. The summed E-state index contributed by atoms with van der Waals surface area (Å²) in [5.74, 6) is 1.60. The summed E-state index contributed by atoms with van der Waals surface area (Å²) >= 11 is 0. The molecule has 0 amide bonds. The SMILES string of the molecule is CN1C(c2ccccc2)=NC(c2ccccc2)=NC1n1c2ccccc2c2cccnc21. The van der Waals surface area contributed by atoms with Gasteiger partial charge in [-0.2, -0.15) is 0 Å². The van der Waals surface area contributed by atoms with E-state index < -0.39 is 0 Å². The maximum Gasteiger partial charge on any atom is 0.207 e. The predicted molar refractivity (Wildman–Crippen MR) is 130 cm³/mol. The normalized spacial score (nSPS) is 16.3. The fraction of sp³-hybridized carbons (Fsp3) is 0.0741. The zero-order valence-corrected chi connectivity index (χ0v) is 17.6. The molecule has 3 heterocycles. The molecule has 5 aromatic rings. The van der Waals surface area contributed by atoms with Crippen LogP contribution in [0.2, 0.25) is 0 Å². The van der Waals surface area contributed by atoms with Gasteiger partial charge in [0, 0.05) is 35.1 Å². The van der Waals surface area contributed by atoms with Crippen LogP contribution in [0.25, 0.3) is 21.9 Å². The lowest BCUT2D eigenvalue weighted by molar-refractivity contribution is 0.296. The van der Waals surface area contributed by atoms with Crippen LogP contribution in [0, 0.1) is 0 Å². The summed E-state index contributed by atoms with van der Waals surface area (Å²) in [5.41, 5.74) is 4.06. The van der Waals surface area contributed by atoms with Gasteiger partial charge in [-0.1, -0.05) is 78.9 Å². The first kappa shape index (κ1) is 18.5. The molecule has 0 N–H and O–H groups in total. The standard InChI is InChI=1S/C27H21N5/c1-31-25(20-13-6-3-7-14-20)29-24(19-11-4-2-5-12-19)30-27(31)32-23-17-9-8-15-21(23)22-16-10-18-28-26(22)32/h2-18,27H,1H3. The highest BCUT2D eigenvalue weighted by atomic mass is 15.4. The van der Waals surface area contributed by atoms with E-state index in [1.54, 1.807) is 0 Å². The van der Waals surface area contributed by atoms with E-state index in [4.69, 9.17) is 15.0 Å². The second-order valence-corrected chi connectivity index (χ2v) is 7.84. The topological polar surface area (TPSA) is 45.8 Å². The zero-order valence-electron chi connectivity index (χ0n) is 17.6. The van der Waals surface area contributed by atoms with Crippen LogP contribution >= 0.6 is 0 Å². The minimum absolute atomic E-state index is 0.324. The maximum atomic E-state index is 5.13. The average molecular weight is 416 g/mol. The van der Waals surface area contributed by atoms with Crippen molar-refractivity contribution < 1.29 is 0 Å². The number of hydrogen-bond donors (Lipinski definition) is 0. The molecule has 154 valence electrons. The van der Waals surface area contributed by atoms with E-state index in [0.717, 1.165) is 39.3 Å². The molecule has 1 aliphatic rings. The van der Waals surface area contributed by atoms with E-state index in [0.29, 0.717) is 0 Å². The van der Waals surface area contributed by atoms with E-state index in [-0.39, 0.29) is 6.29 Å². The van der Waals surface area contributed by atoms with Crippen LogP contribution in [0.15, 0.2) is 113 Å². The van der Waals surface area contributed by atoms with E-state index >= 15 is 0 Å². The van der Waals surface area contributed by atoms with Crippen LogP contribution in [-0.2, 0) is 0 Å². The molecule has 0 radical (unpaired) electrons. The van der Waals surface area contributed by atoms with Crippen molar-refractivity contribution in [1.29, 1.82) is 0 Å². The van der Waals surface area contributed by atoms with Crippen molar-refractivity contribution in [3.63, 3.8) is 0 Å². The van der Waals surface area contributed by atoms with Crippen LogP contribution < -0.4 is 0 Å². The molecular formula is C27H21N5. The molecule has 0 spiro atoms. The Morgan fingerprint density at radius 3 is 2.12 bits per heavy atom. The minimum atomic E-state index is -0.324. The Morgan fingerprint density at radius 1 is 0.688 bits per heavy atom. The number of amidine groups is 2. The van der Waals surface area contributed by atoms with Gasteiger partial charge in [0.15, 0.2) is 5.84 Å².